The first kappa shape index (κ1) is 29.2. The molecule has 0 amide bonds. The average molecular weight is 574 g/mol. The molecule has 1 fully saturated rings. The highest BCUT2D eigenvalue weighted by molar-refractivity contribution is 6.74. The van der Waals surface area contributed by atoms with E-state index in [1.165, 1.54) is 0 Å². The predicted molar refractivity (Wildman–Crippen MR) is 165 cm³/mol. The number of nitriles is 1. The van der Waals surface area contributed by atoms with Gasteiger partial charge in [0.1, 0.15) is 6.07 Å². The summed E-state index contributed by atoms with van der Waals surface area (Å²) in [6, 6.07) is 8.36. The number of hydrogen-bond acceptors (Lipinski definition) is 8. The Bertz CT molecular complexity index is 1450. The molecule has 2 aromatic heterocycles. The van der Waals surface area contributed by atoms with Gasteiger partial charge >= 0.3 is 0 Å². The quantitative estimate of drug-likeness (QED) is 0.298. The normalized spacial score (nSPS) is 19.5. The monoisotopic (exact) mass is 573 g/mol. The van der Waals surface area contributed by atoms with Gasteiger partial charge in [-0.25, -0.2) is 9.97 Å². The van der Waals surface area contributed by atoms with Crippen LogP contribution in [0.5, 0.6) is 0 Å². The molecule has 3 aromatic rings. The molecule has 0 spiro atoms. The van der Waals surface area contributed by atoms with E-state index in [1.807, 2.05) is 18.3 Å². The highest BCUT2D eigenvalue weighted by Gasteiger charge is 2.42. The molecular weight excluding hydrogens is 530 g/mol. The molecule has 2 N–H and O–H groups in total. The fourth-order valence-electron chi connectivity index (χ4n) is 5.24. The number of fused-ring (bicyclic) bond motifs is 1. The number of anilines is 3. The molecule has 4 heterocycles. The number of ether oxygens (including phenoxy) is 1. The van der Waals surface area contributed by atoms with Crippen molar-refractivity contribution in [2.45, 2.75) is 77.6 Å². The number of benzene rings is 1. The van der Waals surface area contributed by atoms with Gasteiger partial charge < -0.3 is 19.8 Å². The lowest BCUT2D eigenvalue weighted by molar-refractivity contribution is 0.0599. The zero-order chi connectivity index (χ0) is 29.4. The van der Waals surface area contributed by atoms with Crippen molar-refractivity contribution in [2.24, 2.45) is 5.92 Å². The first-order valence-electron chi connectivity index (χ1n) is 14.6. The number of nitrogens with one attached hydrogen (secondary N) is 2. The summed E-state index contributed by atoms with van der Waals surface area (Å²) < 4.78 is 14.2. The minimum absolute atomic E-state index is 0.127. The van der Waals surface area contributed by atoms with E-state index in [0.717, 1.165) is 73.0 Å². The molecule has 41 heavy (non-hydrogen) atoms. The number of hydrogen-bond donors (Lipinski definition) is 2. The number of rotatable bonds is 8. The molecule has 1 aromatic carbocycles. The Morgan fingerprint density at radius 2 is 2.02 bits per heavy atom. The maximum Gasteiger partial charge on any atom is 0.227 e. The van der Waals surface area contributed by atoms with Crippen LogP contribution < -0.4 is 10.6 Å². The second-order valence-electron chi connectivity index (χ2n) is 13.3. The lowest BCUT2D eigenvalue weighted by Gasteiger charge is -2.39. The zero-order valence-electron chi connectivity index (χ0n) is 25.5. The summed E-state index contributed by atoms with van der Waals surface area (Å²) in [5.74, 6) is 1.08. The van der Waals surface area contributed by atoms with Crippen LogP contribution in [0.4, 0.5) is 17.3 Å². The van der Waals surface area contributed by atoms with E-state index in [4.69, 9.17) is 14.1 Å². The van der Waals surface area contributed by atoms with E-state index >= 15 is 0 Å². The number of aromatic nitrogens is 4. The van der Waals surface area contributed by atoms with Gasteiger partial charge in [-0.2, -0.15) is 10.4 Å². The second kappa shape index (κ2) is 11.2. The van der Waals surface area contributed by atoms with Crippen molar-refractivity contribution in [1.29, 1.82) is 5.26 Å². The minimum atomic E-state index is -1.93. The molecule has 1 saturated heterocycles. The Morgan fingerprint density at radius 1 is 1.27 bits per heavy atom. The van der Waals surface area contributed by atoms with Crippen molar-refractivity contribution in [3.05, 3.63) is 47.4 Å². The Morgan fingerprint density at radius 3 is 2.73 bits per heavy atom. The molecule has 0 radical (unpaired) electrons. The van der Waals surface area contributed by atoms with Crippen LogP contribution in [0.25, 0.3) is 11.3 Å². The third-order valence-corrected chi connectivity index (χ3v) is 13.7. The molecule has 0 aliphatic carbocycles. The average Bonchev–Trinajstić information content (AvgIpc) is 3.46. The Hall–Kier alpha value is -3.26. The van der Waals surface area contributed by atoms with Crippen LogP contribution in [0.1, 0.15) is 57.4 Å². The Balaban J connectivity index is 1.39. The highest BCUT2D eigenvalue weighted by atomic mass is 28.4. The molecule has 2 aliphatic rings. The van der Waals surface area contributed by atoms with Crippen LogP contribution in [-0.4, -0.2) is 54.4 Å². The van der Waals surface area contributed by atoms with Gasteiger partial charge in [-0.15, -0.1) is 0 Å². The van der Waals surface area contributed by atoms with Crippen molar-refractivity contribution in [3.8, 4) is 17.3 Å². The number of nitrogens with zero attached hydrogens (tertiary/aromatic N) is 5. The summed E-state index contributed by atoms with van der Waals surface area (Å²) in [5, 5.41) is 21.6. The summed E-state index contributed by atoms with van der Waals surface area (Å²) in [5.41, 5.74) is 5.96. The lowest BCUT2D eigenvalue weighted by Crippen LogP contribution is -2.45. The van der Waals surface area contributed by atoms with Crippen molar-refractivity contribution >= 4 is 25.6 Å². The van der Waals surface area contributed by atoms with Gasteiger partial charge in [0.2, 0.25) is 5.95 Å². The molecule has 0 bridgehead atoms. The molecule has 218 valence electrons. The molecule has 1 atom stereocenters. The summed E-state index contributed by atoms with van der Waals surface area (Å²) in [7, 11) is -1.93. The molecule has 9 nitrogen and oxygen atoms in total. The van der Waals surface area contributed by atoms with Gasteiger partial charge in [-0.3, -0.25) is 4.68 Å². The standard InChI is InChI=1S/C31H43N7O2Si/c1-21-27(17-35-38(21)18-22-9-12-39-13-10-22)37-29-33-11-8-26(36-29)23-14-24(16-32)28-25(15-23)31(5,19-34-28)20-40-41(6,7)30(2,3)4/h8,11,14-15,17,22,34H,9-10,12-13,18-20H2,1-7H3,(H,33,36,37)/t31-/m1/s1. The van der Waals surface area contributed by atoms with Crippen LogP contribution in [0.15, 0.2) is 30.6 Å². The van der Waals surface area contributed by atoms with Crippen molar-refractivity contribution in [2.75, 3.05) is 37.0 Å². The van der Waals surface area contributed by atoms with Gasteiger partial charge in [-0.1, -0.05) is 27.7 Å². The second-order valence-corrected chi connectivity index (χ2v) is 18.1. The van der Waals surface area contributed by atoms with Gasteiger partial charge in [0.05, 0.1) is 34.5 Å². The maximum absolute atomic E-state index is 10.0. The van der Waals surface area contributed by atoms with Crippen LogP contribution in [0, 0.1) is 24.2 Å². The fourth-order valence-corrected chi connectivity index (χ4v) is 6.35. The highest BCUT2D eigenvalue weighted by Crippen LogP contribution is 2.44. The molecule has 0 unspecified atom stereocenters. The third kappa shape index (κ3) is 6.03. The molecule has 10 heteroatoms. The van der Waals surface area contributed by atoms with Crippen LogP contribution in [0.3, 0.4) is 0 Å². The van der Waals surface area contributed by atoms with E-state index in [0.29, 0.717) is 24.0 Å². The summed E-state index contributed by atoms with van der Waals surface area (Å²) in [6.07, 6.45) is 5.72. The van der Waals surface area contributed by atoms with Crippen molar-refractivity contribution < 1.29 is 9.16 Å². The van der Waals surface area contributed by atoms with Gasteiger partial charge in [0.25, 0.3) is 0 Å². The topological polar surface area (TPSA) is 110 Å². The largest absolute Gasteiger partial charge is 0.416 e. The van der Waals surface area contributed by atoms with Gasteiger partial charge in [-0.05, 0) is 67.6 Å². The molecular formula is C31H43N7O2Si. The van der Waals surface area contributed by atoms with E-state index in [2.05, 4.69) is 85.2 Å². The minimum Gasteiger partial charge on any atom is -0.416 e. The first-order valence-corrected chi connectivity index (χ1v) is 17.5. The lowest BCUT2D eigenvalue weighted by atomic mass is 9.83. The molecule has 2 aliphatic heterocycles. The van der Waals surface area contributed by atoms with Gasteiger partial charge in [0.15, 0.2) is 8.32 Å². The molecule has 5 rings (SSSR count). The van der Waals surface area contributed by atoms with Crippen LogP contribution in [0.2, 0.25) is 18.1 Å². The Kier molecular flexibility index (Phi) is 7.98. The fraction of sp³-hybridized carbons (Fsp3) is 0.548. The smallest absolute Gasteiger partial charge is 0.227 e. The van der Waals surface area contributed by atoms with Gasteiger partial charge in [0, 0.05) is 50.1 Å². The maximum atomic E-state index is 10.0. The third-order valence-electron chi connectivity index (χ3n) is 9.20. The van der Waals surface area contributed by atoms with Crippen LogP contribution >= 0.6 is 0 Å². The Labute approximate surface area is 244 Å². The SMILES string of the molecule is Cc1c(Nc2nccc(-c3cc(C#N)c4c(c3)[C@@](C)(CO[Si](C)(C)C(C)(C)C)CN4)n2)cnn1CC1CCOCC1. The van der Waals surface area contributed by atoms with Crippen molar-refractivity contribution in [3.63, 3.8) is 0 Å². The van der Waals surface area contributed by atoms with E-state index in [9.17, 15) is 5.26 Å². The summed E-state index contributed by atoms with van der Waals surface area (Å²) >= 11 is 0. The summed E-state index contributed by atoms with van der Waals surface area (Å²) in [4.78, 5) is 9.32. The van der Waals surface area contributed by atoms with E-state index in [1.54, 1.807) is 6.20 Å². The zero-order valence-corrected chi connectivity index (χ0v) is 26.5. The van der Waals surface area contributed by atoms with Crippen LogP contribution in [-0.2, 0) is 21.1 Å². The van der Waals surface area contributed by atoms with Crippen molar-refractivity contribution in [1.82, 2.24) is 19.7 Å². The van der Waals surface area contributed by atoms with E-state index in [-0.39, 0.29) is 10.5 Å². The van der Waals surface area contributed by atoms with E-state index < -0.39 is 8.32 Å². The predicted octanol–water partition coefficient (Wildman–Crippen LogP) is 6.40. The first-order chi connectivity index (χ1) is 19.4. The molecule has 0 saturated carbocycles. The summed E-state index contributed by atoms with van der Waals surface area (Å²) in [6.45, 7) is 19.5.